The second-order valence-electron chi connectivity index (χ2n) is 3.64. The molecule has 0 aliphatic carbocycles. The number of halogens is 3. The van der Waals surface area contributed by atoms with Crippen LogP contribution >= 0.6 is 0 Å². The van der Waals surface area contributed by atoms with E-state index in [1.165, 1.54) is 18.5 Å². The molecule has 0 saturated carbocycles. The van der Waals surface area contributed by atoms with Crippen molar-refractivity contribution in [2.75, 3.05) is 0 Å². The molecule has 2 rings (SSSR count). The van der Waals surface area contributed by atoms with E-state index < -0.39 is 11.7 Å². The van der Waals surface area contributed by atoms with E-state index in [0.29, 0.717) is 16.7 Å². The molecule has 0 radical (unpaired) electrons. The highest BCUT2D eigenvalue weighted by molar-refractivity contribution is 5.70. The SMILES string of the molecule is C#Cc1ccncc1-c1cccc(C(F)(F)F)c1. The molecule has 1 aromatic heterocycles. The fourth-order valence-electron chi connectivity index (χ4n) is 1.61. The van der Waals surface area contributed by atoms with Gasteiger partial charge in [0.15, 0.2) is 0 Å². The van der Waals surface area contributed by atoms with Crippen LogP contribution in [0.15, 0.2) is 42.7 Å². The van der Waals surface area contributed by atoms with Crippen LogP contribution in [0.1, 0.15) is 11.1 Å². The van der Waals surface area contributed by atoms with Gasteiger partial charge < -0.3 is 0 Å². The number of terminal acetylenes is 1. The van der Waals surface area contributed by atoms with E-state index >= 15 is 0 Å². The van der Waals surface area contributed by atoms with Crippen molar-refractivity contribution in [3.05, 3.63) is 53.9 Å². The van der Waals surface area contributed by atoms with Crippen molar-refractivity contribution in [3.8, 4) is 23.5 Å². The zero-order valence-corrected chi connectivity index (χ0v) is 9.20. The maximum atomic E-state index is 12.6. The van der Waals surface area contributed by atoms with Gasteiger partial charge in [0.25, 0.3) is 0 Å². The number of hydrogen-bond donors (Lipinski definition) is 0. The highest BCUT2D eigenvalue weighted by atomic mass is 19.4. The van der Waals surface area contributed by atoms with E-state index in [1.807, 2.05) is 0 Å². The molecule has 1 heterocycles. The number of hydrogen-bond acceptors (Lipinski definition) is 1. The molecule has 0 spiro atoms. The van der Waals surface area contributed by atoms with Gasteiger partial charge in [0.05, 0.1) is 5.56 Å². The third kappa shape index (κ3) is 2.35. The van der Waals surface area contributed by atoms with E-state index in [9.17, 15) is 13.2 Å². The first-order chi connectivity index (χ1) is 8.52. The smallest absolute Gasteiger partial charge is 0.264 e. The predicted molar refractivity (Wildman–Crippen MR) is 62.6 cm³/mol. The summed E-state index contributed by atoms with van der Waals surface area (Å²) in [5.74, 6) is 2.43. The molecular weight excluding hydrogens is 239 g/mol. The molecule has 0 N–H and O–H groups in total. The van der Waals surface area contributed by atoms with E-state index in [1.54, 1.807) is 12.1 Å². The van der Waals surface area contributed by atoms with Gasteiger partial charge in [-0.3, -0.25) is 4.98 Å². The van der Waals surface area contributed by atoms with E-state index in [-0.39, 0.29) is 0 Å². The molecule has 4 heteroatoms. The fraction of sp³-hybridized carbons (Fsp3) is 0.0714. The summed E-state index contributed by atoms with van der Waals surface area (Å²) < 4.78 is 37.8. The third-order valence-electron chi connectivity index (χ3n) is 2.48. The Kier molecular flexibility index (Phi) is 3.07. The highest BCUT2D eigenvalue weighted by Crippen LogP contribution is 2.32. The molecule has 18 heavy (non-hydrogen) atoms. The number of rotatable bonds is 1. The topological polar surface area (TPSA) is 12.9 Å². The minimum atomic E-state index is -4.37. The van der Waals surface area contributed by atoms with Crippen LogP contribution in [0.2, 0.25) is 0 Å². The van der Waals surface area contributed by atoms with Gasteiger partial charge in [-0.2, -0.15) is 13.2 Å². The molecule has 0 bridgehead atoms. The van der Waals surface area contributed by atoms with Crippen molar-refractivity contribution in [1.82, 2.24) is 4.98 Å². The molecule has 0 atom stereocenters. The summed E-state index contributed by atoms with van der Waals surface area (Å²) in [7, 11) is 0. The molecule has 1 aromatic carbocycles. The number of alkyl halides is 3. The highest BCUT2D eigenvalue weighted by Gasteiger charge is 2.30. The summed E-state index contributed by atoms with van der Waals surface area (Å²) in [6, 6.07) is 6.61. The predicted octanol–water partition coefficient (Wildman–Crippen LogP) is 3.75. The Hall–Kier alpha value is -2.28. The van der Waals surface area contributed by atoms with Crippen LogP contribution in [0.25, 0.3) is 11.1 Å². The molecule has 0 aliphatic rings. The van der Waals surface area contributed by atoms with E-state index in [0.717, 1.165) is 12.1 Å². The summed E-state index contributed by atoms with van der Waals surface area (Å²) in [6.45, 7) is 0. The van der Waals surface area contributed by atoms with Gasteiger partial charge in [-0.25, -0.2) is 0 Å². The molecule has 0 aliphatic heterocycles. The van der Waals surface area contributed by atoms with Gasteiger partial charge in [0.2, 0.25) is 0 Å². The number of aromatic nitrogens is 1. The Bertz CT molecular complexity index is 609. The minimum absolute atomic E-state index is 0.408. The van der Waals surface area contributed by atoms with Gasteiger partial charge in [-0.1, -0.05) is 18.1 Å². The quantitative estimate of drug-likeness (QED) is 0.699. The van der Waals surface area contributed by atoms with Gasteiger partial charge >= 0.3 is 6.18 Å². The molecule has 0 saturated heterocycles. The molecule has 0 fully saturated rings. The van der Waals surface area contributed by atoms with Crippen molar-refractivity contribution >= 4 is 0 Å². The second-order valence-corrected chi connectivity index (χ2v) is 3.64. The zero-order chi connectivity index (χ0) is 13.2. The monoisotopic (exact) mass is 247 g/mol. The average molecular weight is 247 g/mol. The molecule has 2 aromatic rings. The van der Waals surface area contributed by atoms with Crippen molar-refractivity contribution in [2.24, 2.45) is 0 Å². The van der Waals surface area contributed by atoms with Crippen LogP contribution in [0.4, 0.5) is 13.2 Å². The number of pyridine rings is 1. The van der Waals surface area contributed by atoms with Crippen molar-refractivity contribution in [2.45, 2.75) is 6.18 Å². The molecule has 0 unspecified atom stereocenters. The average Bonchev–Trinajstić information content (AvgIpc) is 2.38. The van der Waals surface area contributed by atoms with Gasteiger partial charge in [0, 0.05) is 23.5 Å². The molecular formula is C14H8F3N. The largest absolute Gasteiger partial charge is 0.416 e. The standard InChI is InChI=1S/C14H8F3N/c1-2-10-6-7-18-9-13(10)11-4-3-5-12(8-11)14(15,16)17/h1,3-9H. The fourth-order valence-corrected chi connectivity index (χ4v) is 1.61. The van der Waals surface area contributed by atoms with Crippen LogP contribution in [0, 0.1) is 12.3 Å². The first kappa shape index (κ1) is 12.2. The molecule has 90 valence electrons. The third-order valence-corrected chi connectivity index (χ3v) is 2.48. The van der Waals surface area contributed by atoms with Crippen LogP contribution in [-0.4, -0.2) is 4.98 Å². The summed E-state index contributed by atoms with van der Waals surface area (Å²) in [6.07, 6.45) is 3.91. The lowest BCUT2D eigenvalue weighted by molar-refractivity contribution is -0.137. The number of benzene rings is 1. The zero-order valence-electron chi connectivity index (χ0n) is 9.20. The van der Waals surface area contributed by atoms with Gasteiger partial charge in [0.1, 0.15) is 0 Å². The number of nitrogens with zero attached hydrogens (tertiary/aromatic N) is 1. The van der Waals surface area contributed by atoms with Gasteiger partial charge in [-0.05, 0) is 23.8 Å². The first-order valence-electron chi connectivity index (χ1n) is 5.10. The van der Waals surface area contributed by atoms with Crippen LogP contribution in [-0.2, 0) is 6.18 Å². The van der Waals surface area contributed by atoms with Crippen molar-refractivity contribution in [3.63, 3.8) is 0 Å². The lowest BCUT2D eigenvalue weighted by Crippen LogP contribution is -2.04. The Morgan fingerprint density at radius 3 is 2.61 bits per heavy atom. The van der Waals surface area contributed by atoms with Gasteiger partial charge in [-0.15, -0.1) is 6.42 Å². The summed E-state index contributed by atoms with van der Waals surface area (Å²) in [5, 5.41) is 0. The Morgan fingerprint density at radius 2 is 1.94 bits per heavy atom. The summed E-state index contributed by atoms with van der Waals surface area (Å²) in [4.78, 5) is 3.88. The van der Waals surface area contributed by atoms with Crippen LogP contribution < -0.4 is 0 Å². The second kappa shape index (κ2) is 4.53. The summed E-state index contributed by atoms with van der Waals surface area (Å²) >= 11 is 0. The summed E-state index contributed by atoms with van der Waals surface area (Å²) in [5.41, 5.74) is 0.744. The Balaban J connectivity index is 2.56. The van der Waals surface area contributed by atoms with E-state index in [2.05, 4.69) is 10.9 Å². The Labute approximate surface area is 102 Å². The lowest BCUT2D eigenvalue weighted by atomic mass is 10.0. The van der Waals surface area contributed by atoms with Crippen LogP contribution in [0.5, 0.6) is 0 Å². The Morgan fingerprint density at radius 1 is 1.17 bits per heavy atom. The van der Waals surface area contributed by atoms with Crippen LogP contribution in [0.3, 0.4) is 0 Å². The first-order valence-corrected chi connectivity index (χ1v) is 5.10. The molecule has 0 amide bonds. The normalized spacial score (nSPS) is 11.0. The molecule has 1 nitrogen and oxygen atoms in total. The minimum Gasteiger partial charge on any atom is -0.264 e. The van der Waals surface area contributed by atoms with E-state index in [4.69, 9.17) is 6.42 Å². The maximum Gasteiger partial charge on any atom is 0.416 e. The lowest BCUT2D eigenvalue weighted by Gasteiger charge is -2.09. The van der Waals surface area contributed by atoms with Crippen molar-refractivity contribution in [1.29, 1.82) is 0 Å². The van der Waals surface area contributed by atoms with Crippen molar-refractivity contribution < 1.29 is 13.2 Å². The maximum absolute atomic E-state index is 12.6.